The van der Waals surface area contributed by atoms with Crippen molar-refractivity contribution in [3.63, 3.8) is 0 Å². The minimum atomic E-state index is -1.09. The van der Waals surface area contributed by atoms with Crippen LogP contribution in [0.5, 0.6) is 0 Å². The summed E-state index contributed by atoms with van der Waals surface area (Å²) in [5.74, 6) is -1.09. The second-order valence-corrected chi connectivity index (χ2v) is 8.00. The normalized spacial score (nSPS) is 14.4. The number of aromatic nitrogens is 1. The Labute approximate surface area is 175 Å². The highest BCUT2D eigenvalue weighted by Crippen LogP contribution is 2.43. The molecule has 0 atom stereocenters. The van der Waals surface area contributed by atoms with Crippen molar-refractivity contribution in [2.75, 3.05) is 5.32 Å². The Morgan fingerprint density at radius 2 is 1.83 bits per heavy atom. The number of hydrogen-bond donors (Lipinski definition) is 2. The Bertz CT molecular complexity index is 1160. The molecule has 0 radical (unpaired) electrons. The summed E-state index contributed by atoms with van der Waals surface area (Å²) in [5.41, 5.74) is 6.41. The van der Waals surface area contributed by atoms with Crippen LogP contribution in [0.3, 0.4) is 0 Å². The van der Waals surface area contributed by atoms with E-state index in [0.717, 1.165) is 28.7 Å². The molecule has 0 saturated heterocycles. The van der Waals surface area contributed by atoms with Gasteiger partial charge in [-0.2, -0.15) is 0 Å². The van der Waals surface area contributed by atoms with Crippen LogP contribution >= 0.6 is 0 Å². The van der Waals surface area contributed by atoms with Gasteiger partial charge in [0.25, 0.3) is 0 Å². The topological polar surface area (TPSA) is 79.3 Å². The van der Waals surface area contributed by atoms with Crippen molar-refractivity contribution in [2.24, 2.45) is 0 Å². The van der Waals surface area contributed by atoms with E-state index in [1.807, 2.05) is 24.3 Å². The van der Waals surface area contributed by atoms with Gasteiger partial charge < -0.3 is 10.4 Å². The van der Waals surface area contributed by atoms with Crippen molar-refractivity contribution in [3.05, 3.63) is 89.3 Å². The van der Waals surface area contributed by atoms with Crippen molar-refractivity contribution >= 4 is 23.6 Å². The Morgan fingerprint density at radius 1 is 1.07 bits per heavy atom. The number of carboxylic acids is 1. The SMILES string of the molecule is CC1(C)CC=C(c2ccncc2)c2cc(-c3cccc(C(=O)O)c3NC=O)ccc21. The van der Waals surface area contributed by atoms with Crippen molar-refractivity contribution in [1.82, 2.24) is 4.98 Å². The highest BCUT2D eigenvalue weighted by molar-refractivity contribution is 6.02. The number of benzene rings is 2. The molecule has 150 valence electrons. The maximum atomic E-state index is 11.7. The van der Waals surface area contributed by atoms with Gasteiger partial charge in [0.1, 0.15) is 0 Å². The summed E-state index contributed by atoms with van der Waals surface area (Å²) in [5, 5.41) is 12.1. The van der Waals surface area contributed by atoms with E-state index in [1.165, 1.54) is 11.6 Å². The lowest BCUT2D eigenvalue weighted by molar-refractivity contribution is -0.105. The minimum Gasteiger partial charge on any atom is -0.478 e. The van der Waals surface area contributed by atoms with E-state index >= 15 is 0 Å². The molecule has 2 N–H and O–H groups in total. The van der Waals surface area contributed by atoms with Gasteiger partial charge in [0, 0.05) is 18.0 Å². The molecular formula is C25H22N2O3. The average molecular weight is 398 g/mol. The average Bonchev–Trinajstić information content (AvgIpc) is 2.74. The molecule has 0 aliphatic heterocycles. The van der Waals surface area contributed by atoms with Crippen molar-refractivity contribution < 1.29 is 14.7 Å². The third kappa shape index (κ3) is 3.39. The zero-order valence-electron chi connectivity index (χ0n) is 16.8. The molecule has 3 aromatic rings. The van der Waals surface area contributed by atoms with Gasteiger partial charge in [-0.3, -0.25) is 9.78 Å². The fourth-order valence-corrected chi connectivity index (χ4v) is 4.09. The van der Waals surface area contributed by atoms with E-state index in [9.17, 15) is 14.7 Å². The van der Waals surface area contributed by atoms with Gasteiger partial charge in [-0.15, -0.1) is 0 Å². The second kappa shape index (κ2) is 7.59. The number of rotatable bonds is 5. The summed E-state index contributed by atoms with van der Waals surface area (Å²) >= 11 is 0. The van der Waals surface area contributed by atoms with Crippen LogP contribution in [0, 0.1) is 0 Å². The molecule has 1 aliphatic carbocycles. The molecular weight excluding hydrogens is 376 g/mol. The molecule has 30 heavy (non-hydrogen) atoms. The fourth-order valence-electron chi connectivity index (χ4n) is 4.09. The number of nitrogens with one attached hydrogen (secondary N) is 1. The molecule has 5 nitrogen and oxygen atoms in total. The minimum absolute atomic E-state index is 0.0167. The molecule has 0 fully saturated rings. The Morgan fingerprint density at radius 3 is 2.53 bits per heavy atom. The van der Waals surface area contributed by atoms with E-state index in [0.29, 0.717) is 17.7 Å². The maximum absolute atomic E-state index is 11.7. The molecule has 1 aromatic heterocycles. The molecule has 1 heterocycles. The summed E-state index contributed by atoms with van der Waals surface area (Å²) < 4.78 is 0. The van der Waals surface area contributed by atoms with Crippen LogP contribution in [0.15, 0.2) is 67.0 Å². The van der Waals surface area contributed by atoms with Gasteiger partial charge in [-0.1, -0.05) is 44.2 Å². The smallest absolute Gasteiger partial charge is 0.337 e. The van der Waals surface area contributed by atoms with Gasteiger partial charge in [-0.05, 0) is 63.9 Å². The van der Waals surface area contributed by atoms with Crippen molar-refractivity contribution in [3.8, 4) is 11.1 Å². The quantitative estimate of drug-likeness (QED) is 0.584. The van der Waals surface area contributed by atoms with Gasteiger partial charge >= 0.3 is 5.97 Å². The van der Waals surface area contributed by atoms with Crippen LogP contribution < -0.4 is 5.32 Å². The van der Waals surface area contributed by atoms with Crippen LogP contribution in [0.1, 0.15) is 47.3 Å². The molecule has 4 rings (SSSR count). The standard InChI is InChI=1S/C25H22N2O3/c1-25(2)11-8-18(16-9-12-26-13-10-16)21-14-17(6-7-22(21)25)19-4-3-5-20(24(29)30)23(19)27-15-28/h3-10,12-15H,11H2,1-2H3,(H,27,28)(H,29,30). The summed E-state index contributed by atoms with van der Waals surface area (Å²) in [6.45, 7) is 4.44. The molecule has 5 heteroatoms. The number of nitrogens with zero attached hydrogens (tertiary/aromatic N) is 1. The number of allylic oxidation sites excluding steroid dienone is 1. The monoisotopic (exact) mass is 398 g/mol. The van der Waals surface area contributed by atoms with Crippen molar-refractivity contribution in [1.29, 1.82) is 0 Å². The highest BCUT2D eigenvalue weighted by Gasteiger charge is 2.29. The Hall–Kier alpha value is -3.73. The zero-order chi connectivity index (χ0) is 21.3. The number of anilines is 1. The van der Waals surface area contributed by atoms with Crippen LogP contribution in [0.4, 0.5) is 5.69 Å². The van der Waals surface area contributed by atoms with E-state index in [1.54, 1.807) is 18.5 Å². The predicted molar refractivity (Wildman–Crippen MR) is 117 cm³/mol. The molecule has 2 aromatic carbocycles. The first-order chi connectivity index (χ1) is 14.4. The van der Waals surface area contributed by atoms with Crippen LogP contribution in [-0.2, 0) is 10.2 Å². The molecule has 0 unspecified atom stereocenters. The first-order valence-electron chi connectivity index (χ1n) is 9.75. The number of carbonyl (C=O) groups is 2. The van der Waals surface area contributed by atoms with E-state index < -0.39 is 5.97 Å². The predicted octanol–water partition coefficient (Wildman–Crippen LogP) is 5.13. The van der Waals surface area contributed by atoms with E-state index in [4.69, 9.17) is 0 Å². The molecule has 0 saturated carbocycles. The van der Waals surface area contributed by atoms with Crippen LogP contribution in [-0.4, -0.2) is 22.5 Å². The van der Waals surface area contributed by atoms with E-state index in [2.05, 4.69) is 42.4 Å². The number of fused-ring (bicyclic) bond motifs is 1. The second-order valence-electron chi connectivity index (χ2n) is 8.00. The molecule has 1 amide bonds. The number of aromatic carboxylic acids is 1. The first kappa shape index (κ1) is 19.6. The molecule has 1 aliphatic rings. The largest absolute Gasteiger partial charge is 0.478 e. The van der Waals surface area contributed by atoms with Crippen LogP contribution in [0.2, 0.25) is 0 Å². The Kier molecular flexibility index (Phi) is 4.96. The van der Waals surface area contributed by atoms with Crippen molar-refractivity contribution in [2.45, 2.75) is 25.7 Å². The summed E-state index contributed by atoms with van der Waals surface area (Å²) in [4.78, 5) is 27.0. The lowest BCUT2D eigenvalue weighted by Crippen LogP contribution is -2.22. The number of amides is 1. The van der Waals surface area contributed by atoms with Gasteiger partial charge in [0.15, 0.2) is 0 Å². The summed E-state index contributed by atoms with van der Waals surface area (Å²) in [7, 11) is 0. The highest BCUT2D eigenvalue weighted by atomic mass is 16.4. The third-order valence-corrected chi connectivity index (χ3v) is 5.66. The first-order valence-corrected chi connectivity index (χ1v) is 9.75. The van der Waals surface area contributed by atoms with Gasteiger partial charge in [0.05, 0.1) is 11.3 Å². The Balaban J connectivity index is 1.93. The number of carbonyl (C=O) groups excluding carboxylic acids is 1. The zero-order valence-corrected chi connectivity index (χ0v) is 16.8. The van der Waals surface area contributed by atoms with Gasteiger partial charge in [0.2, 0.25) is 6.41 Å². The molecule has 0 spiro atoms. The van der Waals surface area contributed by atoms with Gasteiger partial charge in [-0.25, -0.2) is 4.79 Å². The lowest BCUT2D eigenvalue weighted by atomic mass is 9.71. The molecule has 0 bridgehead atoms. The summed E-state index contributed by atoms with van der Waals surface area (Å²) in [6.07, 6.45) is 7.24. The van der Waals surface area contributed by atoms with Crippen LogP contribution in [0.25, 0.3) is 16.7 Å². The number of pyridine rings is 1. The third-order valence-electron chi connectivity index (χ3n) is 5.66. The summed E-state index contributed by atoms with van der Waals surface area (Å²) in [6, 6.07) is 15.2. The fraction of sp³-hybridized carbons (Fsp3) is 0.160. The number of hydrogen-bond acceptors (Lipinski definition) is 3. The number of carboxylic acid groups (broad SMARTS) is 1. The number of para-hydroxylation sites is 1. The lowest BCUT2D eigenvalue weighted by Gasteiger charge is -2.33. The van der Waals surface area contributed by atoms with E-state index in [-0.39, 0.29) is 11.0 Å². The maximum Gasteiger partial charge on any atom is 0.337 e.